The second-order valence-electron chi connectivity index (χ2n) is 6.18. The van der Waals surface area contributed by atoms with Gasteiger partial charge < -0.3 is 15.3 Å². The molecule has 0 spiro atoms. The number of carbonyl (C=O) groups excluding carboxylic acids is 1. The second kappa shape index (κ2) is 6.03. The molecule has 0 bridgehead atoms. The zero-order chi connectivity index (χ0) is 18.3. The standard InChI is InChI=1S/C19H17N5O2/c1-11-9-12(2)24(23-11)15-6-3-13(4-7-15)18(25)20-14-5-8-16-17(10-14)22-19(26)21-16/h3-10H,1-2H3,(H,20,25)(H2,21,22,26). The van der Waals surface area contributed by atoms with E-state index in [4.69, 9.17) is 0 Å². The topological polar surface area (TPSA) is 95.6 Å². The number of hydrogen-bond donors (Lipinski definition) is 3. The van der Waals surface area contributed by atoms with Crippen molar-refractivity contribution in [3.8, 4) is 5.69 Å². The third kappa shape index (κ3) is 2.90. The van der Waals surface area contributed by atoms with Gasteiger partial charge in [-0.05, 0) is 62.4 Å². The number of H-pyrrole nitrogens is 2. The highest BCUT2D eigenvalue weighted by molar-refractivity contribution is 6.05. The van der Waals surface area contributed by atoms with E-state index < -0.39 is 0 Å². The molecule has 7 nitrogen and oxygen atoms in total. The molecule has 4 rings (SSSR count). The van der Waals surface area contributed by atoms with Crippen molar-refractivity contribution in [1.29, 1.82) is 0 Å². The van der Waals surface area contributed by atoms with Gasteiger partial charge in [0.15, 0.2) is 0 Å². The van der Waals surface area contributed by atoms with Gasteiger partial charge in [-0.3, -0.25) is 4.79 Å². The second-order valence-corrected chi connectivity index (χ2v) is 6.18. The maximum Gasteiger partial charge on any atom is 0.323 e. The fourth-order valence-corrected chi connectivity index (χ4v) is 2.96. The molecule has 26 heavy (non-hydrogen) atoms. The summed E-state index contributed by atoms with van der Waals surface area (Å²) in [5, 5.41) is 7.27. The molecule has 0 saturated heterocycles. The number of nitrogens with one attached hydrogen (secondary N) is 3. The van der Waals surface area contributed by atoms with Crippen molar-refractivity contribution in [1.82, 2.24) is 19.7 Å². The van der Waals surface area contributed by atoms with Gasteiger partial charge in [0, 0.05) is 16.9 Å². The molecule has 1 amide bonds. The number of fused-ring (bicyclic) bond motifs is 1. The Hall–Kier alpha value is -3.61. The zero-order valence-electron chi connectivity index (χ0n) is 14.3. The Morgan fingerprint density at radius 1 is 1.00 bits per heavy atom. The smallest absolute Gasteiger partial charge is 0.322 e. The Morgan fingerprint density at radius 2 is 1.73 bits per heavy atom. The van der Waals surface area contributed by atoms with Crippen LogP contribution in [0.5, 0.6) is 0 Å². The molecule has 3 N–H and O–H groups in total. The van der Waals surface area contributed by atoms with E-state index in [0.717, 1.165) is 17.1 Å². The van der Waals surface area contributed by atoms with Crippen LogP contribution in [0, 0.1) is 13.8 Å². The normalized spacial score (nSPS) is 11.0. The molecule has 0 aliphatic rings. The average molecular weight is 347 g/mol. The molecule has 0 fully saturated rings. The SMILES string of the molecule is Cc1cc(C)n(-c2ccc(C(=O)Nc3ccc4[nH]c(=O)[nH]c4c3)cc2)n1. The van der Waals surface area contributed by atoms with Gasteiger partial charge in [-0.15, -0.1) is 0 Å². The number of nitrogens with zero attached hydrogens (tertiary/aromatic N) is 2. The van der Waals surface area contributed by atoms with Crippen LogP contribution in [0.1, 0.15) is 21.7 Å². The number of aryl methyl sites for hydroxylation is 2. The van der Waals surface area contributed by atoms with Crippen LogP contribution >= 0.6 is 0 Å². The lowest BCUT2D eigenvalue weighted by Gasteiger charge is -2.08. The van der Waals surface area contributed by atoms with Gasteiger partial charge in [0.05, 0.1) is 22.4 Å². The van der Waals surface area contributed by atoms with Crippen molar-refractivity contribution < 1.29 is 4.79 Å². The summed E-state index contributed by atoms with van der Waals surface area (Å²) in [4.78, 5) is 29.1. The molecular formula is C19H17N5O2. The van der Waals surface area contributed by atoms with Crippen LogP contribution < -0.4 is 11.0 Å². The average Bonchev–Trinajstić information content (AvgIpc) is 3.15. The Labute approximate surface area is 148 Å². The van der Waals surface area contributed by atoms with E-state index in [1.807, 2.05) is 36.7 Å². The summed E-state index contributed by atoms with van der Waals surface area (Å²) in [5.41, 5.74) is 5.10. The summed E-state index contributed by atoms with van der Waals surface area (Å²) < 4.78 is 1.84. The first-order valence-electron chi connectivity index (χ1n) is 8.17. The van der Waals surface area contributed by atoms with Gasteiger partial charge in [0.1, 0.15) is 0 Å². The number of imidazole rings is 1. The summed E-state index contributed by atoms with van der Waals surface area (Å²) in [6.07, 6.45) is 0. The highest BCUT2D eigenvalue weighted by Gasteiger charge is 2.09. The molecule has 0 saturated carbocycles. The van der Waals surface area contributed by atoms with Crippen molar-refractivity contribution in [2.75, 3.05) is 5.32 Å². The monoisotopic (exact) mass is 347 g/mol. The van der Waals surface area contributed by atoms with Crippen LogP contribution in [0.2, 0.25) is 0 Å². The predicted molar refractivity (Wildman–Crippen MR) is 99.9 cm³/mol. The van der Waals surface area contributed by atoms with E-state index in [0.29, 0.717) is 22.3 Å². The van der Waals surface area contributed by atoms with E-state index >= 15 is 0 Å². The van der Waals surface area contributed by atoms with Crippen molar-refractivity contribution in [2.45, 2.75) is 13.8 Å². The van der Waals surface area contributed by atoms with E-state index in [-0.39, 0.29) is 11.6 Å². The van der Waals surface area contributed by atoms with Crippen LogP contribution in [0.25, 0.3) is 16.7 Å². The van der Waals surface area contributed by atoms with Gasteiger partial charge in [-0.2, -0.15) is 5.10 Å². The number of rotatable bonds is 3. The molecule has 2 heterocycles. The van der Waals surface area contributed by atoms with Crippen molar-refractivity contribution >= 4 is 22.6 Å². The van der Waals surface area contributed by atoms with Crippen LogP contribution in [0.15, 0.2) is 53.3 Å². The van der Waals surface area contributed by atoms with Crippen LogP contribution in [0.4, 0.5) is 5.69 Å². The first-order valence-corrected chi connectivity index (χ1v) is 8.17. The summed E-state index contributed by atoms with van der Waals surface area (Å²) >= 11 is 0. The van der Waals surface area contributed by atoms with E-state index in [1.165, 1.54) is 0 Å². The number of amides is 1. The Balaban J connectivity index is 1.55. The summed E-state index contributed by atoms with van der Waals surface area (Å²) in [7, 11) is 0. The van der Waals surface area contributed by atoms with Crippen LogP contribution in [-0.4, -0.2) is 25.7 Å². The number of benzene rings is 2. The number of anilines is 1. The highest BCUT2D eigenvalue weighted by atomic mass is 16.2. The molecule has 130 valence electrons. The van der Waals surface area contributed by atoms with Crippen molar-refractivity contribution in [2.24, 2.45) is 0 Å². The fourth-order valence-electron chi connectivity index (χ4n) is 2.96. The Bertz CT molecular complexity index is 1160. The van der Waals surface area contributed by atoms with E-state index in [2.05, 4.69) is 20.4 Å². The Kier molecular flexibility index (Phi) is 3.69. The molecule has 7 heteroatoms. The largest absolute Gasteiger partial charge is 0.323 e. The summed E-state index contributed by atoms with van der Waals surface area (Å²) in [6.45, 7) is 3.93. The number of aromatic nitrogens is 4. The third-order valence-electron chi connectivity index (χ3n) is 4.16. The lowest BCUT2D eigenvalue weighted by molar-refractivity contribution is 0.102. The maximum absolute atomic E-state index is 12.5. The van der Waals surface area contributed by atoms with Crippen molar-refractivity contribution in [3.63, 3.8) is 0 Å². The summed E-state index contributed by atoms with van der Waals surface area (Å²) in [6, 6.07) is 14.5. The lowest BCUT2D eigenvalue weighted by atomic mass is 10.2. The lowest BCUT2D eigenvalue weighted by Crippen LogP contribution is -2.12. The molecule has 0 unspecified atom stereocenters. The van der Waals surface area contributed by atoms with Gasteiger partial charge in [-0.25, -0.2) is 9.48 Å². The molecule has 2 aromatic carbocycles. The fraction of sp³-hybridized carbons (Fsp3) is 0.105. The summed E-state index contributed by atoms with van der Waals surface area (Å²) in [5.74, 6) is -0.220. The molecule has 2 aromatic heterocycles. The highest BCUT2D eigenvalue weighted by Crippen LogP contribution is 2.17. The van der Waals surface area contributed by atoms with Gasteiger partial charge >= 0.3 is 5.69 Å². The molecule has 0 radical (unpaired) electrons. The first kappa shape index (κ1) is 15.9. The zero-order valence-corrected chi connectivity index (χ0v) is 14.3. The van der Waals surface area contributed by atoms with Gasteiger partial charge in [-0.1, -0.05) is 0 Å². The third-order valence-corrected chi connectivity index (χ3v) is 4.16. The minimum atomic E-state index is -0.275. The van der Waals surface area contributed by atoms with Gasteiger partial charge in [0.25, 0.3) is 5.91 Å². The van der Waals surface area contributed by atoms with Crippen molar-refractivity contribution in [3.05, 3.63) is 76.0 Å². The minimum Gasteiger partial charge on any atom is -0.322 e. The maximum atomic E-state index is 12.5. The number of hydrogen-bond acceptors (Lipinski definition) is 3. The minimum absolute atomic E-state index is 0.220. The number of aromatic amines is 2. The molecule has 0 aliphatic heterocycles. The van der Waals surface area contributed by atoms with E-state index in [9.17, 15) is 9.59 Å². The first-order chi connectivity index (χ1) is 12.5. The molecular weight excluding hydrogens is 330 g/mol. The molecule has 4 aromatic rings. The molecule has 0 aliphatic carbocycles. The quantitative estimate of drug-likeness (QED) is 0.532. The van der Waals surface area contributed by atoms with Crippen LogP contribution in [-0.2, 0) is 0 Å². The predicted octanol–water partition coefficient (Wildman–Crippen LogP) is 2.91. The van der Waals surface area contributed by atoms with Gasteiger partial charge in [0.2, 0.25) is 0 Å². The van der Waals surface area contributed by atoms with Crippen LogP contribution in [0.3, 0.4) is 0 Å². The van der Waals surface area contributed by atoms with E-state index in [1.54, 1.807) is 30.3 Å². The number of carbonyl (C=O) groups is 1. The Morgan fingerprint density at radius 3 is 2.42 bits per heavy atom. The molecule has 0 atom stereocenters.